The lowest BCUT2D eigenvalue weighted by Gasteiger charge is -2.05. The second-order valence-corrected chi connectivity index (χ2v) is 7.17. The Kier molecular flexibility index (Phi) is 7.92. The standard InChI is InChI=1S/C25H21N3O6/c1-2-3-14-33-25(30)18-10-8-17(9-11-18)23-13-12-20(34-23)15-19(16-26)24(29)27-21-6-4-5-7-22(21)28(31)32/h4-13,15H,2-3,14H2,1H3,(H,27,29)/b19-15+. The van der Waals surface area contributed by atoms with Gasteiger partial charge in [0.25, 0.3) is 11.6 Å². The molecule has 0 unspecified atom stereocenters. The van der Waals surface area contributed by atoms with Crippen LogP contribution in [0, 0.1) is 21.4 Å². The highest BCUT2D eigenvalue weighted by Gasteiger charge is 2.18. The van der Waals surface area contributed by atoms with E-state index in [4.69, 9.17) is 9.15 Å². The summed E-state index contributed by atoms with van der Waals surface area (Å²) in [4.78, 5) is 35.0. The number of nitriles is 1. The Morgan fingerprint density at radius 3 is 2.56 bits per heavy atom. The van der Waals surface area contributed by atoms with Crippen LogP contribution in [0.3, 0.4) is 0 Å². The molecule has 34 heavy (non-hydrogen) atoms. The normalized spacial score (nSPS) is 10.9. The van der Waals surface area contributed by atoms with Crippen LogP contribution in [0.15, 0.2) is 70.7 Å². The van der Waals surface area contributed by atoms with Crippen molar-refractivity contribution < 1.29 is 23.7 Å². The van der Waals surface area contributed by atoms with E-state index >= 15 is 0 Å². The molecule has 1 heterocycles. The molecule has 172 valence electrons. The number of nitrogens with zero attached hydrogens (tertiary/aromatic N) is 2. The van der Waals surface area contributed by atoms with Gasteiger partial charge >= 0.3 is 5.97 Å². The fourth-order valence-electron chi connectivity index (χ4n) is 2.97. The van der Waals surface area contributed by atoms with E-state index in [2.05, 4.69) is 5.32 Å². The Balaban J connectivity index is 1.73. The first-order chi connectivity index (χ1) is 16.4. The van der Waals surface area contributed by atoms with E-state index < -0.39 is 16.8 Å². The molecule has 9 heteroatoms. The maximum Gasteiger partial charge on any atom is 0.338 e. The number of ether oxygens (including phenoxy) is 1. The van der Waals surface area contributed by atoms with Gasteiger partial charge < -0.3 is 14.5 Å². The van der Waals surface area contributed by atoms with Crippen LogP contribution in [0.1, 0.15) is 35.9 Å². The van der Waals surface area contributed by atoms with Gasteiger partial charge in [0.1, 0.15) is 28.9 Å². The predicted octanol–water partition coefficient (Wildman–Crippen LogP) is 5.36. The topological polar surface area (TPSA) is 135 Å². The predicted molar refractivity (Wildman–Crippen MR) is 125 cm³/mol. The van der Waals surface area contributed by atoms with E-state index in [9.17, 15) is 25.0 Å². The lowest BCUT2D eigenvalue weighted by atomic mass is 10.1. The number of para-hydroxylation sites is 2. The number of nitro groups is 1. The maximum absolute atomic E-state index is 12.5. The number of nitrogens with one attached hydrogen (secondary N) is 1. The molecule has 0 saturated heterocycles. The van der Waals surface area contributed by atoms with Gasteiger partial charge in [-0.25, -0.2) is 4.79 Å². The molecular formula is C25H21N3O6. The molecule has 1 amide bonds. The zero-order valence-electron chi connectivity index (χ0n) is 18.3. The van der Waals surface area contributed by atoms with Gasteiger partial charge in [0.05, 0.1) is 17.1 Å². The van der Waals surface area contributed by atoms with E-state index in [1.807, 2.05) is 6.92 Å². The minimum Gasteiger partial charge on any atom is -0.462 e. The van der Waals surface area contributed by atoms with E-state index in [0.717, 1.165) is 12.8 Å². The fourth-order valence-corrected chi connectivity index (χ4v) is 2.97. The Morgan fingerprint density at radius 1 is 1.15 bits per heavy atom. The van der Waals surface area contributed by atoms with Crippen molar-refractivity contribution in [2.45, 2.75) is 19.8 Å². The van der Waals surface area contributed by atoms with Gasteiger partial charge in [-0.2, -0.15) is 5.26 Å². The first-order valence-corrected chi connectivity index (χ1v) is 10.5. The highest BCUT2D eigenvalue weighted by atomic mass is 16.6. The van der Waals surface area contributed by atoms with Crippen LogP contribution in [-0.2, 0) is 9.53 Å². The average molecular weight is 459 g/mol. The Hall–Kier alpha value is -4.71. The highest BCUT2D eigenvalue weighted by molar-refractivity contribution is 6.10. The van der Waals surface area contributed by atoms with Crippen LogP contribution >= 0.6 is 0 Å². The summed E-state index contributed by atoms with van der Waals surface area (Å²) in [6.07, 6.45) is 2.98. The molecule has 1 aromatic heterocycles. The van der Waals surface area contributed by atoms with E-state index in [1.165, 1.54) is 30.3 Å². The lowest BCUT2D eigenvalue weighted by Crippen LogP contribution is -2.14. The smallest absolute Gasteiger partial charge is 0.338 e. The number of nitro benzene ring substituents is 1. The minimum absolute atomic E-state index is 0.0212. The molecular weight excluding hydrogens is 438 g/mol. The number of amides is 1. The number of carbonyl (C=O) groups is 2. The molecule has 0 aliphatic rings. The Morgan fingerprint density at radius 2 is 1.88 bits per heavy atom. The van der Waals surface area contributed by atoms with E-state index in [-0.39, 0.29) is 22.7 Å². The number of hydrogen-bond donors (Lipinski definition) is 1. The zero-order chi connectivity index (χ0) is 24.5. The molecule has 0 aliphatic heterocycles. The third kappa shape index (κ3) is 5.95. The van der Waals surface area contributed by atoms with Crippen molar-refractivity contribution in [3.05, 3.63) is 87.7 Å². The van der Waals surface area contributed by atoms with Crippen molar-refractivity contribution in [1.29, 1.82) is 5.26 Å². The zero-order valence-corrected chi connectivity index (χ0v) is 18.3. The van der Waals surface area contributed by atoms with Gasteiger partial charge in [-0.3, -0.25) is 14.9 Å². The number of anilines is 1. The van der Waals surface area contributed by atoms with Gasteiger partial charge in [-0.15, -0.1) is 0 Å². The first-order valence-electron chi connectivity index (χ1n) is 10.5. The van der Waals surface area contributed by atoms with Crippen molar-refractivity contribution in [3.8, 4) is 17.4 Å². The third-order valence-corrected chi connectivity index (χ3v) is 4.76. The number of unbranched alkanes of at least 4 members (excludes halogenated alkanes) is 1. The molecule has 0 spiro atoms. The molecule has 0 bridgehead atoms. The Bertz CT molecular complexity index is 1270. The number of rotatable bonds is 9. The summed E-state index contributed by atoms with van der Waals surface area (Å²) in [5, 5.41) is 22.9. The van der Waals surface area contributed by atoms with Crippen LogP contribution in [0.5, 0.6) is 0 Å². The number of furan rings is 1. The summed E-state index contributed by atoms with van der Waals surface area (Å²) in [6.45, 7) is 2.38. The van der Waals surface area contributed by atoms with Crippen LogP contribution in [0.25, 0.3) is 17.4 Å². The lowest BCUT2D eigenvalue weighted by molar-refractivity contribution is -0.383. The van der Waals surface area contributed by atoms with Crippen molar-refractivity contribution in [1.82, 2.24) is 0 Å². The molecule has 3 rings (SSSR count). The number of esters is 1. The summed E-state index contributed by atoms with van der Waals surface area (Å²) < 4.78 is 10.9. The van der Waals surface area contributed by atoms with Gasteiger partial charge in [-0.1, -0.05) is 37.6 Å². The molecule has 2 aromatic carbocycles. The molecule has 0 fully saturated rings. The van der Waals surface area contributed by atoms with Gasteiger partial charge in [0.15, 0.2) is 0 Å². The van der Waals surface area contributed by atoms with Gasteiger partial charge in [0, 0.05) is 17.7 Å². The second kappa shape index (κ2) is 11.2. The van der Waals surface area contributed by atoms with Crippen molar-refractivity contribution in [3.63, 3.8) is 0 Å². The summed E-state index contributed by atoms with van der Waals surface area (Å²) in [5.74, 6) is -0.493. The van der Waals surface area contributed by atoms with Gasteiger partial charge in [0.2, 0.25) is 0 Å². The van der Waals surface area contributed by atoms with Crippen LogP contribution in [0.4, 0.5) is 11.4 Å². The molecule has 1 N–H and O–H groups in total. The Labute approximate surface area is 195 Å². The summed E-state index contributed by atoms with van der Waals surface area (Å²) in [7, 11) is 0. The van der Waals surface area contributed by atoms with Crippen molar-refractivity contribution >= 4 is 29.3 Å². The SMILES string of the molecule is CCCCOC(=O)c1ccc(-c2ccc(/C=C(\C#N)C(=O)Nc3ccccc3[N+](=O)[O-])o2)cc1. The molecule has 3 aromatic rings. The number of carbonyl (C=O) groups excluding carboxylic acids is 2. The minimum atomic E-state index is -0.805. The molecule has 0 atom stereocenters. The average Bonchev–Trinajstić information content (AvgIpc) is 3.31. The molecule has 0 saturated carbocycles. The van der Waals surface area contributed by atoms with E-state index in [1.54, 1.807) is 42.5 Å². The van der Waals surface area contributed by atoms with Gasteiger partial charge in [-0.05, 0) is 36.8 Å². The number of benzene rings is 2. The highest BCUT2D eigenvalue weighted by Crippen LogP contribution is 2.26. The molecule has 9 nitrogen and oxygen atoms in total. The summed E-state index contributed by atoms with van der Waals surface area (Å²) in [5.41, 5.74) is 0.514. The largest absolute Gasteiger partial charge is 0.462 e. The second-order valence-electron chi connectivity index (χ2n) is 7.17. The molecule has 0 aliphatic carbocycles. The van der Waals surface area contributed by atoms with Crippen molar-refractivity contribution in [2.24, 2.45) is 0 Å². The fraction of sp³-hybridized carbons (Fsp3) is 0.160. The number of hydrogen-bond acceptors (Lipinski definition) is 7. The van der Waals surface area contributed by atoms with Crippen LogP contribution in [-0.4, -0.2) is 23.4 Å². The maximum atomic E-state index is 12.5. The summed E-state index contributed by atoms with van der Waals surface area (Å²) in [6, 6.07) is 17.3. The first kappa shape index (κ1) is 23.9. The monoisotopic (exact) mass is 459 g/mol. The molecule has 0 radical (unpaired) electrons. The van der Waals surface area contributed by atoms with E-state index in [0.29, 0.717) is 23.5 Å². The quantitative estimate of drug-likeness (QED) is 0.114. The van der Waals surface area contributed by atoms with Crippen LogP contribution < -0.4 is 5.32 Å². The van der Waals surface area contributed by atoms with Crippen molar-refractivity contribution in [2.75, 3.05) is 11.9 Å². The third-order valence-electron chi connectivity index (χ3n) is 4.76. The summed E-state index contributed by atoms with van der Waals surface area (Å²) >= 11 is 0. The van der Waals surface area contributed by atoms with Crippen LogP contribution in [0.2, 0.25) is 0 Å².